The number of benzene rings is 3. The van der Waals surface area contributed by atoms with Gasteiger partial charge in [0, 0.05) is 5.56 Å². The van der Waals surface area contributed by atoms with Gasteiger partial charge in [-0.3, -0.25) is 14.5 Å². The van der Waals surface area contributed by atoms with Crippen LogP contribution >= 0.6 is 0 Å². The van der Waals surface area contributed by atoms with Crippen LogP contribution in [0, 0.1) is 0 Å². The first-order valence-corrected chi connectivity index (χ1v) is 9.86. The summed E-state index contributed by atoms with van der Waals surface area (Å²) in [5, 5.41) is 0.0822. The van der Waals surface area contributed by atoms with E-state index >= 15 is 0 Å². The molecule has 0 atom stereocenters. The summed E-state index contributed by atoms with van der Waals surface area (Å²) in [5.41, 5.74) is 0.980. The highest BCUT2D eigenvalue weighted by Crippen LogP contribution is 2.29. The minimum Gasteiger partial charge on any atom is -0.307 e. The Balaban J connectivity index is 1.78. The normalized spacial score (nSPS) is 11.4. The van der Waals surface area contributed by atoms with E-state index in [1.54, 1.807) is 12.1 Å². The summed E-state index contributed by atoms with van der Waals surface area (Å²) in [7, 11) is -3.96. The second-order valence-electron chi connectivity index (χ2n) is 6.13. The van der Waals surface area contributed by atoms with Gasteiger partial charge >= 0.3 is 5.69 Å². The molecule has 3 N–H and O–H groups in total. The van der Waals surface area contributed by atoms with Crippen LogP contribution in [-0.4, -0.2) is 18.4 Å². The van der Waals surface area contributed by atoms with Crippen LogP contribution in [0.15, 0.2) is 87.3 Å². The third-order valence-corrected chi connectivity index (χ3v) is 5.64. The molecule has 0 spiro atoms. The van der Waals surface area contributed by atoms with E-state index in [-0.39, 0.29) is 15.8 Å². The van der Waals surface area contributed by atoms with Gasteiger partial charge in [-0.2, -0.15) is 0 Å². The zero-order valence-electron chi connectivity index (χ0n) is 14.5. The molecule has 0 saturated heterocycles. The van der Waals surface area contributed by atoms with Crippen molar-refractivity contribution in [2.75, 3.05) is 4.72 Å². The summed E-state index contributed by atoms with van der Waals surface area (Å²) in [6.45, 7) is 0. The Morgan fingerprint density at radius 3 is 2.29 bits per heavy atom. The Labute approximate surface area is 159 Å². The number of H-pyrrole nitrogens is 2. The summed E-state index contributed by atoms with van der Waals surface area (Å²) in [6.07, 6.45) is 0. The van der Waals surface area contributed by atoms with Crippen molar-refractivity contribution < 1.29 is 8.42 Å². The highest BCUT2D eigenvalue weighted by Gasteiger charge is 2.18. The molecule has 0 aliphatic heterocycles. The molecule has 1 heterocycles. The first-order valence-electron chi connectivity index (χ1n) is 8.38. The smallest absolute Gasteiger partial charge is 0.307 e. The van der Waals surface area contributed by atoms with E-state index in [0.29, 0.717) is 5.69 Å². The molecular weight excluding hydrogens is 378 g/mol. The lowest BCUT2D eigenvalue weighted by molar-refractivity contribution is 0.601. The van der Waals surface area contributed by atoms with Crippen molar-refractivity contribution in [1.82, 2.24) is 9.97 Å². The van der Waals surface area contributed by atoms with E-state index in [9.17, 15) is 18.0 Å². The molecule has 0 aliphatic carbocycles. The molecule has 0 saturated carbocycles. The molecule has 0 fully saturated rings. The van der Waals surface area contributed by atoms with Crippen LogP contribution in [0.5, 0.6) is 0 Å². The molecule has 4 rings (SSSR count). The van der Waals surface area contributed by atoms with Crippen LogP contribution in [-0.2, 0) is 10.0 Å². The van der Waals surface area contributed by atoms with Crippen LogP contribution in [0.2, 0.25) is 0 Å². The quantitative estimate of drug-likeness (QED) is 0.495. The first-order chi connectivity index (χ1) is 13.4. The van der Waals surface area contributed by atoms with E-state index in [0.717, 1.165) is 11.1 Å². The van der Waals surface area contributed by atoms with Gasteiger partial charge < -0.3 is 4.98 Å². The highest BCUT2D eigenvalue weighted by molar-refractivity contribution is 7.92. The van der Waals surface area contributed by atoms with Gasteiger partial charge in [-0.15, -0.1) is 0 Å². The molecule has 0 amide bonds. The zero-order chi connectivity index (χ0) is 19.7. The third-order valence-electron chi connectivity index (χ3n) is 4.28. The third kappa shape index (κ3) is 3.33. The van der Waals surface area contributed by atoms with Crippen LogP contribution in [0.3, 0.4) is 0 Å². The Hall–Kier alpha value is -3.65. The second kappa shape index (κ2) is 6.82. The summed E-state index contributed by atoms with van der Waals surface area (Å²) in [6, 6.07) is 20.4. The standard InChI is InChI=1S/C20H15N3O4S/c24-19-16-12-14(10-11-17(16)21-20(25)22-19)28(26,27)23-18-9-5-4-8-15(18)13-6-2-1-3-7-13/h1-12,23H,(H2,21,22,24,25). The number of aromatic nitrogens is 2. The number of hydrogen-bond donors (Lipinski definition) is 3. The lowest BCUT2D eigenvalue weighted by Crippen LogP contribution is -2.22. The van der Waals surface area contributed by atoms with Gasteiger partial charge in [0.1, 0.15) is 0 Å². The number of para-hydroxylation sites is 1. The molecule has 0 radical (unpaired) electrons. The summed E-state index contributed by atoms with van der Waals surface area (Å²) < 4.78 is 28.4. The number of hydrogen-bond acceptors (Lipinski definition) is 4. The molecule has 8 heteroatoms. The molecule has 0 unspecified atom stereocenters. The van der Waals surface area contributed by atoms with Crippen molar-refractivity contribution in [2.45, 2.75) is 4.90 Å². The molecule has 3 aromatic carbocycles. The molecule has 28 heavy (non-hydrogen) atoms. The predicted molar refractivity (Wildman–Crippen MR) is 108 cm³/mol. The van der Waals surface area contributed by atoms with E-state index in [2.05, 4.69) is 14.7 Å². The molecular formula is C20H15N3O4S. The predicted octanol–water partition coefficient (Wildman–Crippen LogP) is 2.68. The highest BCUT2D eigenvalue weighted by atomic mass is 32.2. The molecule has 140 valence electrons. The van der Waals surface area contributed by atoms with Crippen molar-refractivity contribution in [2.24, 2.45) is 0 Å². The van der Waals surface area contributed by atoms with Crippen LogP contribution in [0.1, 0.15) is 0 Å². The molecule has 0 bridgehead atoms. The number of fused-ring (bicyclic) bond motifs is 1. The van der Waals surface area contributed by atoms with Gasteiger partial charge in [0.05, 0.1) is 21.5 Å². The van der Waals surface area contributed by atoms with Gasteiger partial charge in [-0.25, -0.2) is 13.2 Å². The van der Waals surface area contributed by atoms with Gasteiger partial charge in [0.25, 0.3) is 15.6 Å². The summed E-state index contributed by atoms with van der Waals surface area (Å²) in [5.74, 6) is 0. The van der Waals surface area contributed by atoms with Gasteiger partial charge in [-0.1, -0.05) is 48.5 Å². The Bertz CT molecular complexity index is 1390. The van der Waals surface area contributed by atoms with Crippen LogP contribution in [0.25, 0.3) is 22.0 Å². The molecule has 0 aliphatic rings. The summed E-state index contributed by atoms with van der Waals surface area (Å²) in [4.78, 5) is 27.8. The number of aromatic amines is 2. The van der Waals surface area contributed by atoms with Crippen LogP contribution < -0.4 is 16.0 Å². The minimum absolute atomic E-state index is 0.0822. The zero-order valence-corrected chi connectivity index (χ0v) is 15.3. The first kappa shape index (κ1) is 17.7. The van der Waals surface area contributed by atoms with E-state index in [4.69, 9.17) is 0 Å². The van der Waals surface area contributed by atoms with Gasteiger partial charge in [0.15, 0.2) is 0 Å². The van der Waals surface area contributed by atoms with E-state index < -0.39 is 21.3 Å². The maximum atomic E-state index is 12.9. The fourth-order valence-electron chi connectivity index (χ4n) is 2.96. The maximum Gasteiger partial charge on any atom is 0.326 e. The molecule has 1 aromatic heterocycles. The Morgan fingerprint density at radius 2 is 1.50 bits per heavy atom. The van der Waals surface area contributed by atoms with Gasteiger partial charge in [-0.05, 0) is 29.8 Å². The minimum atomic E-state index is -3.96. The van der Waals surface area contributed by atoms with Crippen LogP contribution in [0.4, 0.5) is 5.69 Å². The topological polar surface area (TPSA) is 112 Å². The SMILES string of the molecule is O=c1[nH]c(=O)c2cc(S(=O)(=O)Nc3ccccc3-c3ccccc3)ccc2[nH]1. The Morgan fingerprint density at radius 1 is 0.786 bits per heavy atom. The lowest BCUT2D eigenvalue weighted by Gasteiger charge is -2.13. The van der Waals surface area contributed by atoms with Crippen molar-refractivity contribution in [1.29, 1.82) is 0 Å². The lowest BCUT2D eigenvalue weighted by atomic mass is 10.0. The van der Waals surface area contributed by atoms with E-state index in [1.807, 2.05) is 42.5 Å². The fourth-order valence-corrected chi connectivity index (χ4v) is 4.06. The number of anilines is 1. The summed E-state index contributed by atoms with van der Waals surface area (Å²) >= 11 is 0. The van der Waals surface area contributed by atoms with Crippen molar-refractivity contribution in [3.05, 3.63) is 93.6 Å². The monoisotopic (exact) mass is 393 g/mol. The number of rotatable bonds is 4. The average Bonchev–Trinajstić information content (AvgIpc) is 2.68. The van der Waals surface area contributed by atoms with Crippen molar-refractivity contribution in [3.8, 4) is 11.1 Å². The number of nitrogens with one attached hydrogen (secondary N) is 3. The fraction of sp³-hybridized carbons (Fsp3) is 0. The average molecular weight is 393 g/mol. The second-order valence-corrected chi connectivity index (χ2v) is 7.82. The molecule has 4 aromatic rings. The maximum absolute atomic E-state index is 12.9. The van der Waals surface area contributed by atoms with Crippen molar-refractivity contribution >= 4 is 26.6 Å². The Kier molecular flexibility index (Phi) is 4.32. The van der Waals surface area contributed by atoms with Crippen molar-refractivity contribution in [3.63, 3.8) is 0 Å². The number of sulfonamides is 1. The molecule has 7 nitrogen and oxygen atoms in total. The van der Waals surface area contributed by atoms with Gasteiger partial charge in [0.2, 0.25) is 0 Å². The van der Waals surface area contributed by atoms with E-state index in [1.165, 1.54) is 18.2 Å². The largest absolute Gasteiger partial charge is 0.326 e.